The quantitative estimate of drug-likeness (QED) is 0.672. The predicted octanol–water partition coefficient (Wildman–Crippen LogP) is 3.38. The first-order valence-electron chi connectivity index (χ1n) is 11.5. The average Bonchev–Trinajstić information content (AvgIpc) is 3.12. The maximum Gasteiger partial charge on any atom is 0.410 e. The fraction of sp³-hybridized carbons (Fsp3) is 0.625. The Morgan fingerprint density at radius 2 is 1.94 bits per heavy atom. The number of hydrogen-bond acceptors (Lipinski definition) is 5. The Morgan fingerprint density at radius 3 is 2.59 bits per heavy atom. The lowest BCUT2D eigenvalue weighted by molar-refractivity contribution is -0.107. The van der Waals surface area contributed by atoms with E-state index in [0.717, 1.165) is 5.56 Å². The molecule has 2 aliphatic rings. The van der Waals surface area contributed by atoms with E-state index in [2.05, 4.69) is 10.6 Å². The molecule has 0 aliphatic carbocycles. The molecular weight excluding hydrogens is 448 g/mol. The molecule has 2 unspecified atom stereocenters. The van der Waals surface area contributed by atoms with Gasteiger partial charge in [0.05, 0.1) is 5.56 Å². The van der Waals surface area contributed by atoms with E-state index in [-0.39, 0.29) is 49.2 Å². The third kappa shape index (κ3) is 5.95. The largest absolute Gasteiger partial charge is 0.489 e. The first-order valence-corrected chi connectivity index (χ1v) is 11.5. The highest BCUT2D eigenvalue weighted by molar-refractivity contribution is 6.02. The number of ether oxygens (including phenoxy) is 2. The van der Waals surface area contributed by atoms with Gasteiger partial charge in [-0.2, -0.15) is 0 Å². The zero-order chi connectivity index (χ0) is 25.3. The number of carbonyl (C=O) groups is 3. The van der Waals surface area contributed by atoms with Crippen molar-refractivity contribution < 1.29 is 32.6 Å². The van der Waals surface area contributed by atoms with Crippen LogP contribution in [0.15, 0.2) is 12.1 Å². The molecule has 1 aromatic rings. The number of piperidine rings is 1. The number of likely N-dealkylation sites (tertiary alicyclic amines) is 1. The second kappa shape index (κ2) is 9.76. The van der Waals surface area contributed by atoms with Crippen LogP contribution in [-0.4, -0.2) is 67.1 Å². The molecule has 2 N–H and O–H groups in total. The standard InChI is InChI=1S/C24H33F2N3O5/c1-14-10-15-11-16(12-18(19(15)33-14)21(31)27-5)20(30)28-8-6-17-13-29(9-7-24(17,25)26)22(32)34-23(2,3)4/h11-12,14,17H,6-10,13H2,1-5H3,(H,27,31)(H,28,30). The van der Waals surface area contributed by atoms with Gasteiger partial charge < -0.3 is 25.0 Å². The van der Waals surface area contributed by atoms with Crippen molar-refractivity contribution >= 4 is 17.9 Å². The minimum atomic E-state index is -2.95. The Balaban J connectivity index is 1.64. The molecule has 2 aliphatic heterocycles. The second-order valence-electron chi connectivity index (χ2n) is 9.90. The number of benzene rings is 1. The molecule has 34 heavy (non-hydrogen) atoms. The number of nitrogens with zero attached hydrogens (tertiary/aromatic N) is 1. The van der Waals surface area contributed by atoms with Crippen molar-refractivity contribution in [3.63, 3.8) is 0 Å². The maximum absolute atomic E-state index is 14.5. The van der Waals surface area contributed by atoms with Crippen LogP contribution in [0.25, 0.3) is 0 Å². The fourth-order valence-corrected chi connectivity index (χ4v) is 4.20. The molecule has 3 rings (SSSR count). The van der Waals surface area contributed by atoms with Gasteiger partial charge in [-0.1, -0.05) is 0 Å². The molecule has 0 spiro atoms. The molecule has 1 fully saturated rings. The first kappa shape index (κ1) is 25.7. The molecule has 0 saturated carbocycles. The number of alkyl halides is 2. The lowest BCUT2D eigenvalue weighted by Gasteiger charge is -2.38. The van der Waals surface area contributed by atoms with Gasteiger partial charge in [-0.3, -0.25) is 9.59 Å². The highest BCUT2D eigenvalue weighted by Gasteiger charge is 2.45. The van der Waals surface area contributed by atoms with Crippen molar-refractivity contribution in [2.24, 2.45) is 5.92 Å². The molecule has 2 heterocycles. The SMILES string of the molecule is CNC(=O)c1cc(C(=O)NCCC2CN(C(=O)OC(C)(C)C)CCC2(F)F)cc2c1OC(C)C2. The highest BCUT2D eigenvalue weighted by atomic mass is 19.3. The highest BCUT2D eigenvalue weighted by Crippen LogP contribution is 2.36. The molecule has 3 amide bonds. The van der Waals surface area contributed by atoms with Crippen LogP contribution in [0.4, 0.5) is 13.6 Å². The summed E-state index contributed by atoms with van der Waals surface area (Å²) in [5, 5.41) is 5.21. The summed E-state index contributed by atoms with van der Waals surface area (Å²) in [4.78, 5) is 38.6. The lowest BCUT2D eigenvalue weighted by Crippen LogP contribution is -2.51. The van der Waals surface area contributed by atoms with Gasteiger partial charge >= 0.3 is 6.09 Å². The monoisotopic (exact) mass is 481 g/mol. The Morgan fingerprint density at radius 1 is 1.24 bits per heavy atom. The molecular formula is C24H33F2N3O5. The number of nitrogens with one attached hydrogen (secondary N) is 2. The van der Waals surface area contributed by atoms with Crippen molar-refractivity contribution in [1.29, 1.82) is 0 Å². The molecule has 8 nitrogen and oxygen atoms in total. The van der Waals surface area contributed by atoms with Crippen molar-refractivity contribution in [2.45, 2.75) is 64.6 Å². The van der Waals surface area contributed by atoms with Crippen LogP contribution in [0.2, 0.25) is 0 Å². The van der Waals surface area contributed by atoms with Crippen LogP contribution in [0.5, 0.6) is 5.75 Å². The third-order valence-electron chi connectivity index (χ3n) is 5.91. The van der Waals surface area contributed by atoms with Crippen molar-refractivity contribution in [1.82, 2.24) is 15.5 Å². The van der Waals surface area contributed by atoms with E-state index in [1.807, 2.05) is 6.92 Å². The molecule has 10 heteroatoms. The Bertz CT molecular complexity index is 961. The Kier molecular flexibility index (Phi) is 7.38. The third-order valence-corrected chi connectivity index (χ3v) is 5.91. The summed E-state index contributed by atoms with van der Waals surface area (Å²) in [5.74, 6) is -4.42. The van der Waals surface area contributed by atoms with Gasteiger partial charge in [-0.15, -0.1) is 0 Å². The molecule has 0 radical (unpaired) electrons. The molecule has 2 atom stereocenters. The van der Waals surface area contributed by atoms with E-state index < -0.39 is 35.9 Å². The van der Waals surface area contributed by atoms with Crippen molar-refractivity contribution in [3.8, 4) is 5.75 Å². The minimum absolute atomic E-state index is 0.000539. The summed E-state index contributed by atoms with van der Waals surface area (Å²) >= 11 is 0. The second-order valence-corrected chi connectivity index (χ2v) is 9.90. The van der Waals surface area contributed by atoms with Crippen LogP contribution in [0.3, 0.4) is 0 Å². The summed E-state index contributed by atoms with van der Waals surface area (Å²) in [6, 6.07) is 3.12. The number of rotatable bonds is 5. The summed E-state index contributed by atoms with van der Waals surface area (Å²) in [6.45, 7) is 6.81. The van der Waals surface area contributed by atoms with Crippen LogP contribution < -0.4 is 15.4 Å². The lowest BCUT2D eigenvalue weighted by atomic mass is 9.90. The molecule has 0 bridgehead atoms. The van der Waals surface area contributed by atoms with Crippen LogP contribution >= 0.6 is 0 Å². The number of amides is 3. The fourth-order valence-electron chi connectivity index (χ4n) is 4.20. The molecule has 1 aromatic carbocycles. The van der Waals surface area contributed by atoms with Gasteiger partial charge in [0.25, 0.3) is 17.7 Å². The van der Waals surface area contributed by atoms with E-state index in [0.29, 0.717) is 12.2 Å². The molecule has 1 saturated heterocycles. The van der Waals surface area contributed by atoms with Gasteiger partial charge in [0.2, 0.25) is 0 Å². The minimum Gasteiger partial charge on any atom is -0.489 e. The van der Waals surface area contributed by atoms with E-state index in [1.54, 1.807) is 26.8 Å². The number of carbonyl (C=O) groups excluding carboxylic acids is 3. The van der Waals surface area contributed by atoms with Crippen molar-refractivity contribution in [3.05, 3.63) is 28.8 Å². The molecule has 188 valence electrons. The smallest absolute Gasteiger partial charge is 0.410 e. The number of halogens is 2. The van der Waals surface area contributed by atoms with Crippen LogP contribution in [-0.2, 0) is 11.2 Å². The van der Waals surface area contributed by atoms with Crippen molar-refractivity contribution in [2.75, 3.05) is 26.7 Å². The first-order chi connectivity index (χ1) is 15.8. The van der Waals surface area contributed by atoms with Crippen LogP contribution in [0.1, 0.15) is 66.8 Å². The summed E-state index contributed by atoms with van der Waals surface area (Å²) in [7, 11) is 1.49. The Labute approximate surface area is 198 Å². The topological polar surface area (TPSA) is 97.0 Å². The maximum atomic E-state index is 14.5. The van der Waals surface area contributed by atoms with Gasteiger partial charge in [-0.05, 0) is 51.8 Å². The van der Waals surface area contributed by atoms with E-state index >= 15 is 0 Å². The zero-order valence-corrected chi connectivity index (χ0v) is 20.3. The summed E-state index contributed by atoms with van der Waals surface area (Å²) < 4.78 is 40.0. The van der Waals surface area contributed by atoms with Crippen LogP contribution in [0, 0.1) is 5.92 Å². The van der Waals surface area contributed by atoms with E-state index in [9.17, 15) is 23.2 Å². The normalized spacial score (nSPS) is 21.3. The van der Waals surface area contributed by atoms with E-state index in [4.69, 9.17) is 9.47 Å². The van der Waals surface area contributed by atoms with Gasteiger partial charge in [0, 0.05) is 51.0 Å². The van der Waals surface area contributed by atoms with Gasteiger partial charge in [0.15, 0.2) is 0 Å². The average molecular weight is 482 g/mol. The summed E-state index contributed by atoms with van der Waals surface area (Å²) in [6.07, 6.45) is -0.629. The van der Waals surface area contributed by atoms with Gasteiger partial charge in [-0.25, -0.2) is 13.6 Å². The summed E-state index contributed by atoms with van der Waals surface area (Å²) in [5.41, 5.74) is 0.569. The predicted molar refractivity (Wildman–Crippen MR) is 121 cm³/mol. The number of fused-ring (bicyclic) bond motifs is 1. The van der Waals surface area contributed by atoms with E-state index in [1.165, 1.54) is 18.0 Å². The molecule has 0 aromatic heterocycles. The zero-order valence-electron chi connectivity index (χ0n) is 20.3. The number of hydrogen-bond donors (Lipinski definition) is 2. The van der Waals surface area contributed by atoms with Gasteiger partial charge in [0.1, 0.15) is 17.5 Å². The Hall–Kier alpha value is -2.91.